The third-order valence-corrected chi connectivity index (χ3v) is 12.6. The van der Waals surface area contributed by atoms with Gasteiger partial charge in [0.1, 0.15) is 6.10 Å². The summed E-state index contributed by atoms with van der Waals surface area (Å²) in [7, 11) is 0. The third-order valence-electron chi connectivity index (χ3n) is 12.6. The van der Waals surface area contributed by atoms with E-state index in [1.165, 1.54) is 57.8 Å². The van der Waals surface area contributed by atoms with E-state index >= 15 is 0 Å². The van der Waals surface area contributed by atoms with Gasteiger partial charge in [0.05, 0.1) is 5.56 Å². The number of ether oxygens (including phenoxy) is 1. The summed E-state index contributed by atoms with van der Waals surface area (Å²) in [6, 6.07) is 9.50. The first-order valence-electron chi connectivity index (χ1n) is 16.1. The normalized spacial score (nSPS) is 38.0. The Balaban J connectivity index is 1.25. The molecule has 5 rings (SSSR count). The van der Waals surface area contributed by atoms with Gasteiger partial charge in [0.15, 0.2) is 0 Å². The van der Waals surface area contributed by atoms with Gasteiger partial charge in [0, 0.05) is 6.42 Å². The van der Waals surface area contributed by atoms with Crippen LogP contribution in [-0.4, -0.2) is 12.1 Å². The van der Waals surface area contributed by atoms with Crippen molar-refractivity contribution in [3.63, 3.8) is 0 Å². The van der Waals surface area contributed by atoms with Gasteiger partial charge in [-0.15, -0.1) is 0 Å². The summed E-state index contributed by atoms with van der Waals surface area (Å²) in [6.07, 6.45) is 16.9. The largest absolute Gasteiger partial charge is 0.458 e. The molecular weight excluding hydrogens is 464 g/mol. The number of fused-ring (bicyclic) bond motifs is 5. The molecule has 2 heteroatoms. The lowest BCUT2D eigenvalue weighted by molar-refractivity contribution is -0.0596. The predicted octanol–water partition coefficient (Wildman–Crippen LogP) is 9.89. The van der Waals surface area contributed by atoms with Crippen molar-refractivity contribution in [3.8, 4) is 0 Å². The van der Waals surface area contributed by atoms with Gasteiger partial charge in [0.25, 0.3) is 0 Å². The Morgan fingerprint density at radius 2 is 1.74 bits per heavy atom. The van der Waals surface area contributed by atoms with Crippen LogP contribution in [0, 0.1) is 52.3 Å². The summed E-state index contributed by atoms with van der Waals surface area (Å²) in [5, 5.41) is 0. The highest BCUT2D eigenvalue weighted by Gasteiger charge is 2.59. The molecule has 1 aromatic rings. The maximum absolute atomic E-state index is 12.7. The van der Waals surface area contributed by atoms with E-state index in [4.69, 9.17) is 4.74 Å². The quantitative estimate of drug-likeness (QED) is 0.253. The number of carbonyl (C=O) groups is 1. The maximum Gasteiger partial charge on any atom is 0.338 e. The molecule has 3 saturated carbocycles. The van der Waals surface area contributed by atoms with E-state index in [1.807, 2.05) is 30.3 Å². The van der Waals surface area contributed by atoms with E-state index < -0.39 is 0 Å². The lowest BCUT2D eigenvalue weighted by atomic mass is 9.47. The lowest BCUT2D eigenvalue weighted by Crippen LogP contribution is -2.51. The zero-order chi connectivity index (χ0) is 27.1. The van der Waals surface area contributed by atoms with Crippen molar-refractivity contribution in [2.24, 2.45) is 52.3 Å². The number of hydrogen-bond acceptors (Lipinski definition) is 2. The third kappa shape index (κ3) is 5.03. The van der Waals surface area contributed by atoms with Crippen LogP contribution in [0.3, 0.4) is 0 Å². The van der Waals surface area contributed by atoms with Gasteiger partial charge in [-0.25, -0.2) is 4.79 Å². The van der Waals surface area contributed by atoms with Gasteiger partial charge in [0.2, 0.25) is 0 Å². The number of esters is 1. The summed E-state index contributed by atoms with van der Waals surface area (Å²) < 4.78 is 6.02. The van der Waals surface area contributed by atoms with Crippen molar-refractivity contribution < 1.29 is 9.53 Å². The fraction of sp³-hybridized carbons (Fsp3) is 0.750. The van der Waals surface area contributed by atoms with Crippen molar-refractivity contribution in [2.75, 3.05) is 0 Å². The summed E-state index contributed by atoms with van der Waals surface area (Å²) >= 11 is 0. The van der Waals surface area contributed by atoms with E-state index in [-0.39, 0.29) is 12.1 Å². The van der Waals surface area contributed by atoms with Gasteiger partial charge in [-0.05, 0) is 116 Å². The summed E-state index contributed by atoms with van der Waals surface area (Å²) in [5.41, 5.74) is 3.10. The molecule has 3 fully saturated rings. The summed E-state index contributed by atoms with van der Waals surface area (Å²) in [4.78, 5) is 12.7. The Labute approximate surface area is 233 Å². The zero-order valence-electron chi connectivity index (χ0n) is 25.2. The zero-order valence-corrected chi connectivity index (χ0v) is 25.2. The van der Waals surface area contributed by atoms with E-state index in [1.54, 1.807) is 5.57 Å². The van der Waals surface area contributed by atoms with Crippen molar-refractivity contribution >= 4 is 5.97 Å². The van der Waals surface area contributed by atoms with Gasteiger partial charge < -0.3 is 4.74 Å². The highest BCUT2D eigenvalue weighted by Crippen LogP contribution is 2.67. The second-order valence-corrected chi connectivity index (χ2v) is 14.6. The maximum atomic E-state index is 12.7. The molecular formula is C36H54O2. The van der Waals surface area contributed by atoms with Gasteiger partial charge in [-0.2, -0.15) is 0 Å². The van der Waals surface area contributed by atoms with Crippen LogP contribution in [0.25, 0.3) is 0 Å². The topological polar surface area (TPSA) is 26.3 Å². The molecule has 2 nitrogen and oxygen atoms in total. The molecule has 0 saturated heterocycles. The minimum Gasteiger partial charge on any atom is -0.458 e. The second-order valence-electron chi connectivity index (χ2n) is 14.6. The molecule has 0 aromatic heterocycles. The standard InChI is InChI=1S/C36H54O2/c1-7-26(24(2)3)14-13-25(4)31-17-18-32-30-16-15-28-23-29(38-34(37)27-11-9-8-10-12-27)19-21-35(28,5)33(30)20-22-36(31,32)6/h8-12,15,24-26,29-33H,7,13-14,16-23H2,1-6H3/t25-,26+,29+,30-,31+,32-,33-,35+,36-/m1/s1. The lowest BCUT2D eigenvalue weighted by Gasteiger charge is -2.58. The van der Waals surface area contributed by atoms with Crippen LogP contribution in [0.5, 0.6) is 0 Å². The van der Waals surface area contributed by atoms with Crippen LogP contribution in [0.15, 0.2) is 42.0 Å². The highest BCUT2D eigenvalue weighted by atomic mass is 16.5. The van der Waals surface area contributed by atoms with Crippen LogP contribution in [0.2, 0.25) is 0 Å². The minimum absolute atomic E-state index is 0.0296. The minimum atomic E-state index is -0.160. The van der Waals surface area contributed by atoms with Gasteiger partial charge in [-0.1, -0.05) is 84.2 Å². The molecule has 9 atom stereocenters. The van der Waals surface area contributed by atoms with Crippen LogP contribution < -0.4 is 0 Å². The van der Waals surface area contributed by atoms with Crippen LogP contribution >= 0.6 is 0 Å². The molecule has 0 heterocycles. The number of allylic oxidation sites excluding steroid dienone is 1. The van der Waals surface area contributed by atoms with Crippen LogP contribution in [0.4, 0.5) is 0 Å². The second kappa shape index (κ2) is 11.1. The van der Waals surface area contributed by atoms with E-state index in [0.29, 0.717) is 16.4 Å². The molecule has 1 aromatic carbocycles. The Bertz CT molecular complexity index is 994. The number of benzene rings is 1. The Hall–Kier alpha value is -1.57. The average Bonchev–Trinajstić information content (AvgIpc) is 3.26. The fourth-order valence-corrected chi connectivity index (χ4v) is 10.2. The number of hydrogen-bond donors (Lipinski definition) is 0. The van der Waals surface area contributed by atoms with Crippen molar-refractivity contribution in [1.29, 1.82) is 0 Å². The van der Waals surface area contributed by atoms with Gasteiger partial charge >= 0.3 is 5.97 Å². The molecule has 0 bridgehead atoms. The first-order valence-corrected chi connectivity index (χ1v) is 16.1. The Kier molecular flexibility index (Phi) is 8.19. The molecule has 0 amide bonds. The van der Waals surface area contributed by atoms with E-state index in [0.717, 1.165) is 54.3 Å². The Morgan fingerprint density at radius 1 is 0.974 bits per heavy atom. The highest BCUT2D eigenvalue weighted by molar-refractivity contribution is 5.89. The molecule has 0 unspecified atom stereocenters. The molecule has 0 spiro atoms. The molecule has 210 valence electrons. The summed E-state index contributed by atoms with van der Waals surface area (Å²) in [5.74, 6) is 5.86. The first kappa shape index (κ1) is 28.0. The molecule has 0 aliphatic heterocycles. The molecule has 4 aliphatic carbocycles. The number of rotatable bonds is 8. The predicted molar refractivity (Wildman–Crippen MR) is 158 cm³/mol. The summed E-state index contributed by atoms with van der Waals surface area (Å²) in [6.45, 7) is 15.1. The Morgan fingerprint density at radius 3 is 2.45 bits per heavy atom. The fourth-order valence-electron chi connectivity index (χ4n) is 10.2. The average molecular weight is 519 g/mol. The SMILES string of the molecule is CC[C@@H](CC[C@@H](C)[C@@H]1CC[C@@H]2[C@H]3CC=C4C[C@@H](OC(=O)c5ccccc5)CC[C@]4(C)[C@@H]3CC[C@@]21C)C(C)C. The van der Waals surface area contributed by atoms with Gasteiger partial charge in [-0.3, -0.25) is 0 Å². The first-order chi connectivity index (χ1) is 18.2. The van der Waals surface area contributed by atoms with E-state index in [9.17, 15) is 4.79 Å². The van der Waals surface area contributed by atoms with Crippen LogP contribution in [0.1, 0.15) is 123 Å². The van der Waals surface area contributed by atoms with Crippen LogP contribution in [-0.2, 0) is 4.74 Å². The molecule has 38 heavy (non-hydrogen) atoms. The van der Waals surface area contributed by atoms with Crippen molar-refractivity contribution in [2.45, 2.75) is 118 Å². The smallest absolute Gasteiger partial charge is 0.338 e. The monoisotopic (exact) mass is 518 g/mol. The molecule has 0 radical (unpaired) electrons. The van der Waals surface area contributed by atoms with Crippen molar-refractivity contribution in [3.05, 3.63) is 47.5 Å². The van der Waals surface area contributed by atoms with E-state index in [2.05, 4.69) is 47.6 Å². The molecule has 0 N–H and O–H groups in total. The number of carbonyl (C=O) groups excluding carboxylic acids is 1. The van der Waals surface area contributed by atoms with Crippen molar-refractivity contribution in [1.82, 2.24) is 0 Å². The molecule has 4 aliphatic rings.